The van der Waals surface area contributed by atoms with Gasteiger partial charge in [-0.3, -0.25) is 14.1 Å². The smallest absolute Gasteiger partial charge is 0.362 e. The SMILES string of the molecule is CO/N=C(/C(=O)N[C@@H]1C(=O)N(S(=O)(=O)O)C1(C)C)c1csc(N)n1. The molecule has 0 unspecified atom stereocenters. The van der Waals surface area contributed by atoms with Gasteiger partial charge >= 0.3 is 10.3 Å². The Bertz CT molecular complexity index is 815. The van der Waals surface area contributed by atoms with E-state index in [1.54, 1.807) is 0 Å². The molecule has 2 rings (SSSR count). The number of amides is 2. The van der Waals surface area contributed by atoms with Gasteiger partial charge in [-0.15, -0.1) is 11.3 Å². The number of β-lactam (4-membered cyclic amide) rings is 1. The van der Waals surface area contributed by atoms with Crippen molar-refractivity contribution in [2.45, 2.75) is 25.4 Å². The van der Waals surface area contributed by atoms with Crippen molar-refractivity contribution in [1.82, 2.24) is 14.6 Å². The van der Waals surface area contributed by atoms with Crippen molar-refractivity contribution >= 4 is 44.3 Å². The number of rotatable bonds is 5. The number of thiazole rings is 1. The average molecular weight is 377 g/mol. The van der Waals surface area contributed by atoms with Gasteiger partial charge in [-0.25, -0.2) is 9.29 Å². The summed E-state index contributed by atoms with van der Waals surface area (Å²) in [5, 5.41) is 7.60. The predicted molar refractivity (Wildman–Crippen MR) is 84.5 cm³/mol. The van der Waals surface area contributed by atoms with Crippen LogP contribution in [0.1, 0.15) is 19.5 Å². The third-order valence-corrected chi connectivity index (χ3v) is 5.13. The second-order valence-corrected chi connectivity index (χ2v) is 7.48. The molecule has 0 aliphatic carbocycles. The topological polar surface area (TPSA) is 164 Å². The highest BCUT2D eigenvalue weighted by molar-refractivity contribution is 7.84. The van der Waals surface area contributed by atoms with Crippen LogP contribution in [0.5, 0.6) is 0 Å². The second-order valence-electron chi connectivity index (χ2n) is 5.33. The molecule has 132 valence electrons. The van der Waals surface area contributed by atoms with Gasteiger partial charge in [0.2, 0.25) is 0 Å². The van der Waals surface area contributed by atoms with Gasteiger partial charge in [0.15, 0.2) is 10.8 Å². The quantitative estimate of drug-likeness (QED) is 0.254. The number of hydrogen-bond acceptors (Lipinski definition) is 9. The maximum Gasteiger partial charge on any atom is 0.362 e. The maximum absolute atomic E-state index is 12.4. The number of carbonyl (C=O) groups is 2. The van der Waals surface area contributed by atoms with Crippen LogP contribution in [-0.2, 0) is 24.7 Å². The molecule has 1 aromatic heterocycles. The normalized spacial score (nSPS) is 20.5. The van der Waals surface area contributed by atoms with Crippen LogP contribution in [0.15, 0.2) is 10.5 Å². The standard InChI is InChI=1S/C11H15N5O6S2/c1-11(2)7(9(18)16(11)24(19,20)21)14-8(17)6(15-22-3)5-4-23-10(12)13-5/h4,7H,1-3H3,(H2,12,13)(H,14,17)(H,19,20,21)/b15-6+/t7-/m1/s1. The molecule has 1 aliphatic rings. The summed E-state index contributed by atoms with van der Waals surface area (Å²) >= 11 is 1.08. The first-order valence-electron chi connectivity index (χ1n) is 6.45. The molecule has 1 atom stereocenters. The molecule has 24 heavy (non-hydrogen) atoms. The summed E-state index contributed by atoms with van der Waals surface area (Å²) in [6.07, 6.45) is 0. The summed E-state index contributed by atoms with van der Waals surface area (Å²) in [5.74, 6) is -1.77. The summed E-state index contributed by atoms with van der Waals surface area (Å²) in [4.78, 5) is 32.8. The van der Waals surface area contributed by atoms with E-state index in [2.05, 4.69) is 20.3 Å². The Morgan fingerprint density at radius 2 is 2.21 bits per heavy atom. The summed E-state index contributed by atoms with van der Waals surface area (Å²) in [6.45, 7) is 2.75. The fourth-order valence-corrected chi connectivity index (χ4v) is 3.88. The van der Waals surface area contributed by atoms with E-state index in [9.17, 15) is 18.0 Å². The first-order chi connectivity index (χ1) is 11.0. The molecule has 0 saturated carbocycles. The fraction of sp³-hybridized carbons (Fsp3) is 0.455. The minimum Gasteiger partial charge on any atom is -0.398 e. The van der Waals surface area contributed by atoms with Gasteiger partial charge in [0, 0.05) is 5.38 Å². The van der Waals surface area contributed by atoms with Crippen molar-refractivity contribution in [3.8, 4) is 0 Å². The Labute approximate surface area is 141 Å². The lowest BCUT2D eigenvalue weighted by Crippen LogP contribution is -2.77. The van der Waals surface area contributed by atoms with E-state index in [1.807, 2.05) is 0 Å². The zero-order valence-corrected chi connectivity index (χ0v) is 14.5. The molecule has 1 aromatic rings. The lowest BCUT2D eigenvalue weighted by molar-refractivity contribution is -0.151. The first kappa shape index (κ1) is 18.1. The van der Waals surface area contributed by atoms with Crippen molar-refractivity contribution < 1.29 is 27.4 Å². The molecule has 2 amide bonds. The van der Waals surface area contributed by atoms with Crippen LogP contribution < -0.4 is 11.1 Å². The maximum atomic E-state index is 12.4. The van der Waals surface area contributed by atoms with Crippen LogP contribution in [0.3, 0.4) is 0 Å². The van der Waals surface area contributed by atoms with Crippen molar-refractivity contribution in [2.24, 2.45) is 5.16 Å². The van der Waals surface area contributed by atoms with Crippen LogP contribution in [-0.4, -0.2) is 58.5 Å². The van der Waals surface area contributed by atoms with Gasteiger partial charge in [0.05, 0.1) is 5.54 Å². The third-order valence-electron chi connectivity index (χ3n) is 3.35. The van der Waals surface area contributed by atoms with Crippen LogP contribution in [0, 0.1) is 0 Å². The predicted octanol–water partition coefficient (Wildman–Crippen LogP) is -1.02. The summed E-state index contributed by atoms with van der Waals surface area (Å²) in [6, 6.07) is -1.18. The molecular formula is C11H15N5O6S2. The van der Waals surface area contributed by atoms with Gasteiger partial charge < -0.3 is 15.9 Å². The minimum atomic E-state index is -4.72. The summed E-state index contributed by atoms with van der Waals surface area (Å²) < 4.78 is 31.8. The van der Waals surface area contributed by atoms with E-state index >= 15 is 0 Å². The average Bonchev–Trinajstić information content (AvgIpc) is 2.86. The van der Waals surface area contributed by atoms with Crippen molar-refractivity contribution in [3.05, 3.63) is 11.1 Å². The van der Waals surface area contributed by atoms with E-state index in [0.29, 0.717) is 4.31 Å². The van der Waals surface area contributed by atoms with Crippen molar-refractivity contribution in [3.63, 3.8) is 0 Å². The number of nitrogens with one attached hydrogen (secondary N) is 1. The molecule has 0 aromatic carbocycles. The number of aromatic nitrogens is 1. The monoisotopic (exact) mass is 377 g/mol. The molecule has 1 aliphatic heterocycles. The molecule has 1 fully saturated rings. The number of oxime groups is 1. The van der Waals surface area contributed by atoms with Gasteiger partial charge in [-0.2, -0.15) is 8.42 Å². The number of anilines is 1. The molecule has 4 N–H and O–H groups in total. The van der Waals surface area contributed by atoms with E-state index in [1.165, 1.54) is 26.3 Å². The number of carbonyl (C=O) groups excluding carboxylic acids is 2. The Balaban J connectivity index is 2.23. The van der Waals surface area contributed by atoms with Crippen LogP contribution in [0.4, 0.5) is 5.13 Å². The number of nitrogen functional groups attached to an aromatic ring is 1. The Morgan fingerprint density at radius 3 is 2.62 bits per heavy atom. The van der Waals surface area contributed by atoms with Gasteiger partial charge in [-0.05, 0) is 13.8 Å². The fourth-order valence-electron chi connectivity index (χ4n) is 2.30. The zero-order valence-electron chi connectivity index (χ0n) is 12.9. The van der Waals surface area contributed by atoms with Crippen LogP contribution in [0.2, 0.25) is 0 Å². The number of hydrogen-bond donors (Lipinski definition) is 3. The van der Waals surface area contributed by atoms with Crippen LogP contribution >= 0.6 is 11.3 Å². The minimum absolute atomic E-state index is 0.146. The number of nitrogens with two attached hydrogens (primary N) is 1. The van der Waals surface area contributed by atoms with Crippen molar-refractivity contribution in [1.29, 1.82) is 0 Å². The molecule has 0 radical (unpaired) electrons. The highest BCUT2D eigenvalue weighted by Gasteiger charge is 2.60. The van der Waals surface area contributed by atoms with Gasteiger partial charge in [0.1, 0.15) is 18.8 Å². The molecule has 2 heterocycles. The lowest BCUT2D eigenvalue weighted by Gasteiger charge is -2.50. The van der Waals surface area contributed by atoms with E-state index in [0.717, 1.165) is 11.3 Å². The summed E-state index contributed by atoms with van der Waals surface area (Å²) in [7, 11) is -3.50. The largest absolute Gasteiger partial charge is 0.398 e. The molecule has 0 bridgehead atoms. The highest BCUT2D eigenvalue weighted by Crippen LogP contribution is 2.34. The number of nitrogens with zero attached hydrogens (tertiary/aromatic N) is 3. The Hall–Kier alpha value is -2.25. The first-order valence-corrected chi connectivity index (χ1v) is 8.73. The second kappa shape index (κ2) is 5.99. The van der Waals surface area contributed by atoms with E-state index < -0.39 is 33.7 Å². The Morgan fingerprint density at radius 1 is 1.58 bits per heavy atom. The molecular weight excluding hydrogens is 362 g/mol. The van der Waals surface area contributed by atoms with Crippen molar-refractivity contribution in [2.75, 3.05) is 12.8 Å². The molecule has 11 nitrogen and oxygen atoms in total. The molecule has 13 heteroatoms. The van der Waals surface area contributed by atoms with E-state index in [4.69, 9.17) is 10.3 Å². The van der Waals surface area contributed by atoms with Crippen LogP contribution in [0.25, 0.3) is 0 Å². The molecule has 0 spiro atoms. The molecule has 1 saturated heterocycles. The van der Waals surface area contributed by atoms with Gasteiger partial charge in [0.25, 0.3) is 11.8 Å². The zero-order chi connectivity index (χ0) is 18.3. The Kier molecular flexibility index (Phi) is 4.52. The third kappa shape index (κ3) is 3.05. The van der Waals surface area contributed by atoms with E-state index in [-0.39, 0.29) is 16.5 Å². The van der Waals surface area contributed by atoms with Gasteiger partial charge in [-0.1, -0.05) is 5.16 Å². The lowest BCUT2D eigenvalue weighted by atomic mass is 9.85. The highest BCUT2D eigenvalue weighted by atomic mass is 32.2. The summed E-state index contributed by atoms with van der Waals surface area (Å²) in [5.41, 5.74) is 4.08.